The van der Waals surface area contributed by atoms with Gasteiger partial charge in [0.2, 0.25) is 0 Å². The number of piperidine rings is 1. The zero-order valence-electron chi connectivity index (χ0n) is 18.3. The van der Waals surface area contributed by atoms with E-state index in [4.69, 9.17) is 11.6 Å². The molecule has 1 fully saturated rings. The Hall–Kier alpha value is -3.23. The van der Waals surface area contributed by atoms with E-state index in [0.29, 0.717) is 16.2 Å². The van der Waals surface area contributed by atoms with E-state index >= 15 is 0 Å². The van der Waals surface area contributed by atoms with Crippen molar-refractivity contribution in [1.82, 2.24) is 9.80 Å². The molecule has 3 amide bonds. The van der Waals surface area contributed by atoms with E-state index in [-0.39, 0.29) is 28.4 Å². The second kappa shape index (κ2) is 9.33. The molecule has 0 aromatic heterocycles. The molecule has 0 radical (unpaired) electrons. The van der Waals surface area contributed by atoms with Crippen molar-refractivity contribution in [2.45, 2.75) is 18.9 Å². The molecule has 4 rings (SSSR count). The van der Waals surface area contributed by atoms with Crippen LogP contribution in [0.4, 0.5) is 15.8 Å². The number of carbonyl (C=O) groups excluding carboxylic acids is 3. The Bertz CT molecular complexity index is 1130. The summed E-state index contributed by atoms with van der Waals surface area (Å²) in [4.78, 5) is 42.9. The number of nitrogens with one attached hydrogen (secondary N) is 1. The molecule has 33 heavy (non-hydrogen) atoms. The molecule has 2 aromatic rings. The Morgan fingerprint density at radius 2 is 1.70 bits per heavy atom. The number of likely N-dealkylation sites (tertiary alicyclic amines) is 1. The largest absolute Gasteiger partial charge is 0.350 e. The molecule has 0 spiro atoms. The summed E-state index contributed by atoms with van der Waals surface area (Å²) in [6.07, 6.45) is 1.86. The number of amides is 3. The highest BCUT2D eigenvalue weighted by atomic mass is 35.5. The van der Waals surface area contributed by atoms with Crippen molar-refractivity contribution in [3.8, 4) is 0 Å². The molecule has 0 bridgehead atoms. The van der Waals surface area contributed by atoms with Gasteiger partial charge in [-0.1, -0.05) is 23.7 Å². The monoisotopic (exact) mass is 470 g/mol. The molecule has 1 saturated heterocycles. The van der Waals surface area contributed by atoms with Gasteiger partial charge in [0.15, 0.2) is 0 Å². The fourth-order valence-corrected chi connectivity index (χ4v) is 4.27. The topological polar surface area (TPSA) is 73.0 Å². The number of imide groups is 1. The Morgan fingerprint density at radius 3 is 2.33 bits per heavy atom. The van der Waals surface area contributed by atoms with Crippen molar-refractivity contribution >= 4 is 40.7 Å². The van der Waals surface area contributed by atoms with E-state index in [2.05, 4.69) is 17.3 Å². The minimum atomic E-state index is -0.805. The normalized spacial score (nSPS) is 17.6. The molecule has 0 saturated carbocycles. The van der Waals surface area contributed by atoms with Gasteiger partial charge >= 0.3 is 0 Å². The number of anilines is 2. The van der Waals surface area contributed by atoms with Crippen LogP contribution in [0.1, 0.15) is 23.2 Å². The highest BCUT2D eigenvalue weighted by Crippen LogP contribution is 2.31. The summed E-state index contributed by atoms with van der Waals surface area (Å²) in [7, 11) is 3.89. The van der Waals surface area contributed by atoms with Crippen LogP contribution in [-0.2, 0) is 9.59 Å². The molecule has 172 valence electrons. The molecule has 2 aromatic carbocycles. The number of halogens is 2. The van der Waals surface area contributed by atoms with E-state index in [1.165, 1.54) is 18.2 Å². The van der Waals surface area contributed by atoms with E-state index in [0.717, 1.165) is 32.0 Å². The molecule has 7 nitrogen and oxygen atoms in total. The first-order valence-corrected chi connectivity index (χ1v) is 11.0. The number of hydrogen-bond donors (Lipinski definition) is 1. The van der Waals surface area contributed by atoms with Crippen LogP contribution in [0.3, 0.4) is 0 Å². The van der Waals surface area contributed by atoms with Gasteiger partial charge in [-0.25, -0.2) is 9.29 Å². The van der Waals surface area contributed by atoms with Gasteiger partial charge in [0, 0.05) is 24.3 Å². The van der Waals surface area contributed by atoms with Crippen molar-refractivity contribution in [3.05, 3.63) is 70.6 Å². The molecule has 0 unspecified atom stereocenters. The van der Waals surface area contributed by atoms with Crippen molar-refractivity contribution in [2.24, 2.45) is 0 Å². The first-order valence-electron chi connectivity index (χ1n) is 10.6. The minimum Gasteiger partial charge on any atom is -0.350 e. The Labute approximate surface area is 196 Å². The van der Waals surface area contributed by atoms with Gasteiger partial charge < -0.3 is 15.1 Å². The lowest BCUT2D eigenvalue weighted by atomic mass is 10.0. The number of nitrogens with zero attached hydrogens (tertiary/aromatic N) is 3. The smallest absolute Gasteiger partial charge is 0.283 e. The molecule has 0 aliphatic carbocycles. The average Bonchev–Trinajstić information content (AvgIpc) is 3.02. The van der Waals surface area contributed by atoms with Crippen LogP contribution < -0.4 is 10.2 Å². The van der Waals surface area contributed by atoms with Crippen LogP contribution in [-0.4, -0.2) is 60.7 Å². The van der Waals surface area contributed by atoms with Crippen LogP contribution >= 0.6 is 11.6 Å². The Morgan fingerprint density at radius 1 is 1.06 bits per heavy atom. The second-order valence-electron chi connectivity index (χ2n) is 8.24. The lowest BCUT2D eigenvalue weighted by molar-refractivity contribution is -0.120. The maximum Gasteiger partial charge on any atom is 0.283 e. The first kappa shape index (κ1) is 22.9. The Kier molecular flexibility index (Phi) is 6.49. The van der Waals surface area contributed by atoms with Gasteiger partial charge in [0.05, 0.1) is 5.69 Å². The highest BCUT2D eigenvalue weighted by molar-refractivity contribution is 6.53. The van der Waals surface area contributed by atoms with Gasteiger partial charge in [-0.2, -0.15) is 0 Å². The molecule has 1 N–H and O–H groups in total. The minimum absolute atomic E-state index is 0.0776. The lowest BCUT2D eigenvalue weighted by Crippen LogP contribution is -2.44. The molecule has 9 heteroatoms. The summed E-state index contributed by atoms with van der Waals surface area (Å²) in [5, 5.41) is 2.51. The summed E-state index contributed by atoms with van der Waals surface area (Å²) in [6.45, 7) is 1.91. The van der Waals surface area contributed by atoms with Gasteiger partial charge in [-0.15, -0.1) is 0 Å². The van der Waals surface area contributed by atoms with Crippen LogP contribution in [0.5, 0.6) is 0 Å². The maximum absolute atomic E-state index is 14.1. The first-order chi connectivity index (χ1) is 15.8. The van der Waals surface area contributed by atoms with E-state index < -0.39 is 17.6 Å². The predicted molar refractivity (Wildman–Crippen MR) is 124 cm³/mol. The fraction of sp³-hybridized carbons (Fsp3) is 0.292. The fourth-order valence-electron chi connectivity index (χ4n) is 4.06. The number of carbonyl (C=O) groups is 3. The third kappa shape index (κ3) is 4.49. The van der Waals surface area contributed by atoms with Crippen molar-refractivity contribution in [3.63, 3.8) is 0 Å². The SMILES string of the molecule is CN1CCC(N(C)C(=O)c2ccc(NC3=C(Cl)C(=O)N(c4ccccc4F)C3=O)cc2)CC1. The van der Waals surface area contributed by atoms with E-state index in [1.807, 2.05) is 7.05 Å². The summed E-state index contributed by atoms with van der Waals surface area (Å²) in [5.74, 6) is -2.34. The van der Waals surface area contributed by atoms with Crippen molar-refractivity contribution < 1.29 is 18.8 Å². The van der Waals surface area contributed by atoms with E-state index in [9.17, 15) is 18.8 Å². The van der Waals surface area contributed by atoms with Gasteiger partial charge in [0.1, 0.15) is 16.5 Å². The number of rotatable bonds is 5. The molecule has 2 aliphatic heterocycles. The number of para-hydroxylation sites is 1. The summed E-state index contributed by atoms with van der Waals surface area (Å²) >= 11 is 6.11. The van der Waals surface area contributed by atoms with Crippen LogP contribution in [0.15, 0.2) is 59.3 Å². The maximum atomic E-state index is 14.1. The zero-order valence-corrected chi connectivity index (χ0v) is 19.1. The van der Waals surface area contributed by atoms with Crippen LogP contribution in [0, 0.1) is 5.82 Å². The summed E-state index contributed by atoms with van der Waals surface area (Å²) in [6, 6.07) is 12.3. The van der Waals surface area contributed by atoms with Crippen LogP contribution in [0.25, 0.3) is 0 Å². The van der Waals surface area contributed by atoms with Crippen molar-refractivity contribution in [1.29, 1.82) is 0 Å². The van der Waals surface area contributed by atoms with E-state index in [1.54, 1.807) is 29.2 Å². The zero-order chi connectivity index (χ0) is 23.7. The second-order valence-corrected chi connectivity index (χ2v) is 8.62. The third-order valence-corrected chi connectivity index (χ3v) is 6.43. The van der Waals surface area contributed by atoms with Gasteiger partial charge in [-0.05, 0) is 69.4 Å². The predicted octanol–water partition coefficient (Wildman–Crippen LogP) is 3.43. The molecular weight excluding hydrogens is 447 g/mol. The Balaban J connectivity index is 1.46. The van der Waals surface area contributed by atoms with Gasteiger partial charge in [-0.3, -0.25) is 14.4 Å². The summed E-state index contributed by atoms with van der Waals surface area (Å²) < 4.78 is 14.1. The molecule has 0 atom stereocenters. The number of benzene rings is 2. The average molecular weight is 471 g/mol. The molecule has 2 aliphatic rings. The standard InChI is InChI=1S/C24H24ClFN4O3/c1-28-13-11-17(12-14-28)29(2)22(31)15-7-9-16(10-8-15)27-21-20(25)23(32)30(24(21)33)19-6-4-3-5-18(19)26/h3-10,17,27H,11-14H2,1-2H3. The highest BCUT2D eigenvalue weighted by Gasteiger charge is 2.40. The lowest BCUT2D eigenvalue weighted by Gasteiger charge is -2.35. The quantitative estimate of drug-likeness (QED) is 0.678. The summed E-state index contributed by atoms with van der Waals surface area (Å²) in [5.41, 5.74) is 0.676. The van der Waals surface area contributed by atoms with Crippen molar-refractivity contribution in [2.75, 3.05) is 37.4 Å². The number of hydrogen-bond acceptors (Lipinski definition) is 5. The molecule has 2 heterocycles. The van der Waals surface area contributed by atoms with Crippen LogP contribution in [0.2, 0.25) is 0 Å². The van der Waals surface area contributed by atoms with Gasteiger partial charge in [0.25, 0.3) is 17.7 Å². The molecular formula is C24H24ClFN4O3. The third-order valence-electron chi connectivity index (χ3n) is 6.08.